The highest BCUT2D eigenvalue weighted by Crippen LogP contribution is 2.16. The fourth-order valence-corrected chi connectivity index (χ4v) is 2.08. The van der Waals surface area contributed by atoms with Gasteiger partial charge in [-0.1, -0.05) is 5.21 Å². The van der Waals surface area contributed by atoms with Crippen LogP contribution in [0.1, 0.15) is 6.92 Å². The van der Waals surface area contributed by atoms with Crippen LogP contribution >= 0.6 is 0 Å². The van der Waals surface area contributed by atoms with Crippen molar-refractivity contribution >= 4 is 34.6 Å². The third-order valence-corrected chi connectivity index (χ3v) is 3.05. The lowest BCUT2D eigenvalue weighted by atomic mass is 10.3. The Morgan fingerprint density at radius 2 is 2.20 bits per heavy atom. The number of hydrogen-bond acceptors (Lipinski definition) is 7. The molecule has 11 nitrogen and oxygen atoms in total. The molecule has 0 fully saturated rings. The lowest BCUT2D eigenvalue weighted by Gasteiger charge is -2.04. The van der Waals surface area contributed by atoms with Gasteiger partial charge >= 0.3 is 11.8 Å². The molecule has 0 unspecified atom stereocenters. The lowest BCUT2D eigenvalue weighted by Crippen LogP contribution is -2.19. The summed E-state index contributed by atoms with van der Waals surface area (Å²) in [5, 5.41) is 12.5. The molecule has 0 aliphatic heterocycles. The van der Waals surface area contributed by atoms with Gasteiger partial charge in [-0.15, -0.1) is 5.10 Å². The number of carbonyl (C=O) groups is 2. The molecule has 130 valence electrons. The highest BCUT2D eigenvalue weighted by atomic mass is 16.5. The first-order valence-electron chi connectivity index (χ1n) is 7.30. The number of aromatic nitrogens is 4. The summed E-state index contributed by atoms with van der Waals surface area (Å²) in [6.07, 6.45) is 0.741. The molecule has 0 bridgehead atoms. The van der Waals surface area contributed by atoms with Gasteiger partial charge in [-0.2, -0.15) is 0 Å². The summed E-state index contributed by atoms with van der Waals surface area (Å²) in [5.74, 6) is -0.769. The summed E-state index contributed by atoms with van der Waals surface area (Å²) in [4.78, 5) is 36.9. The molecule has 0 spiro atoms. The van der Waals surface area contributed by atoms with Gasteiger partial charge in [0.2, 0.25) is 5.91 Å². The number of nitrogens with zero attached hydrogens (tertiary/aromatic N) is 3. The molecule has 3 aromatic rings. The standard InChI is InChI=1S/C14H14N6O5/c1-2-24-13(22)17-11-6-20(19-18-11)7-12(21)15-8-3-4-9-10(5-8)25-14(23)16-9/h3-6H,2,7H2,1H3,(H,15,21)(H,16,23)(H,17,22). The largest absolute Gasteiger partial charge is 0.450 e. The van der Waals surface area contributed by atoms with Crippen molar-refractivity contribution < 1.29 is 18.7 Å². The second kappa shape index (κ2) is 6.86. The van der Waals surface area contributed by atoms with Gasteiger partial charge in [0.25, 0.3) is 0 Å². The first kappa shape index (κ1) is 16.2. The molecule has 0 aliphatic rings. The number of amides is 2. The minimum Gasteiger partial charge on any atom is -0.450 e. The number of aromatic amines is 1. The van der Waals surface area contributed by atoms with Crippen LogP contribution in [0.5, 0.6) is 0 Å². The van der Waals surface area contributed by atoms with Crippen molar-refractivity contribution in [3.8, 4) is 0 Å². The van der Waals surface area contributed by atoms with Crippen molar-refractivity contribution in [2.45, 2.75) is 13.5 Å². The van der Waals surface area contributed by atoms with E-state index in [-0.39, 0.29) is 24.9 Å². The molecule has 3 rings (SSSR count). The Morgan fingerprint density at radius 1 is 1.36 bits per heavy atom. The smallest absolute Gasteiger partial charge is 0.417 e. The molecule has 2 aromatic heterocycles. The second-order valence-corrected chi connectivity index (χ2v) is 4.92. The molecular formula is C14H14N6O5. The monoisotopic (exact) mass is 346 g/mol. The van der Waals surface area contributed by atoms with E-state index >= 15 is 0 Å². The zero-order valence-electron chi connectivity index (χ0n) is 13.1. The molecule has 11 heteroatoms. The van der Waals surface area contributed by atoms with E-state index in [1.807, 2.05) is 0 Å². The molecule has 0 saturated carbocycles. The van der Waals surface area contributed by atoms with Gasteiger partial charge in [-0.3, -0.25) is 15.1 Å². The van der Waals surface area contributed by atoms with Crippen LogP contribution in [0.4, 0.5) is 16.3 Å². The zero-order chi connectivity index (χ0) is 17.8. The molecule has 2 amide bonds. The Morgan fingerprint density at radius 3 is 3.00 bits per heavy atom. The summed E-state index contributed by atoms with van der Waals surface area (Å²) in [6, 6.07) is 4.77. The number of benzene rings is 1. The average molecular weight is 346 g/mol. The summed E-state index contributed by atoms with van der Waals surface area (Å²) in [6.45, 7) is 1.79. The third kappa shape index (κ3) is 4.02. The highest BCUT2D eigenvalue weighted by Gasteiger charge is 2.10. The SMILES string of the molecule is CCOC(=O)Nc1cn(CC(=O)Nc2ccc3[nH]c(=O)oc3c2)nn1. The van der Waals surface area contributed by atoms with Crippen LogP contribution in [0, 0.1) is 0 Å². The van der Waals surface area contributed by atoms with Gasteiger partial charge in [0.05, 0.1) is 18.3 Å². The summed E-state index contributed by atoms with van der Waals surface area (Å²) < 4.78 is 10.9. The number of oxazole rings is 1. The predicted octanol–water partition coefficient (Wildman–Crippen LogP) is 0.920. The molecule has 0 saturated heterocycles. The molecule has 3 N–H and O–H groups in total. The van der Waals surface area contributed by atoms with E-state index < -0.39 is 11.8 Å². The van der Waals surface area contributed by atoms with Gasteiger partial charge in [0.1, 0.15) is 6.54 Å². The number of nitrogens with one attached hydrogen (secondary N) is 3. The van der Waals surface area contributed by atoms with Gasteiger partial charge in [0.15, 0.2) is 11.4 Å². The van der Waals surface area contributed by atoms with Crippen molar-refractivity contribution in [1.29, 1.82) is 0 Å². The Kier molecular flexibility index (Phi) is 4.46. The molecular weight excluding hydrogens is 332 g/mol. The van der Waals surface area contributed by atoms with E-state index in [0.29, 0.717) is 16.8 Å². The van der Waals surface area contributed by atoms with E-state index in [1.165, 1.54) is 16.9 Å². The minimum absolute atomic E-state index is 0.118. The average Bonchev–Trinajstić information content (AvgIpc) is 3.12. The summed E-state index contributed by atoms with van der Waals surface area (Å²) in [7, 11) is 0. The molecule has 0 aliphatic carbocycles. The first-order chi connectivity index (χ1) is 12.0. The van der Waals surface area contributed by atoms with Crippen LogP contribution in [-0.2, 0) is 16.1 Å². The topological polar surface area (TPSA) is 144 Å². The van der Waals surface area contributed by atoms with Crippen molar-refractivity contribution in [3.05, 3.63) is 34.9 Å². The molecule has 2 heterocycles. The fraction of sp³-hybridized carbons (Fsp3) is 0.214. The van der Waals surface area contributed by atoms with Gasteiger partial charge in [-0.05, 0) is 19.1 Å². The van der Waals surface area contributed by atoms with Gasteiger partial charge in [-0.25, -0.2) is 14.3 Å². The zero-order valence-corrected chi connectivity index (χ0v) is 13.1. The van der Waals surface area contributed by atoms with E-state index in [0.717, 1.165) is 0 Å². The number of rotatable bonds is 5. The van der Waals surface area contributed by atoms with Crippen LogP contribution in [0.15, 0.2) is 33.6 Å². The molecule has 1 aromatic carbocycles. The Hall–Kier alpha value is -3.63. The molecule has 0 atom stereocenters. The maximum atomic E-state index is 12.0. The normalized spacial score (nSPS) is 10.6. The van der Waals surface area contributed by atoms with Crippen molar-refractivity contribution in [2.75, 3.05) is 17.2 Å². The minimum atomic E-state index is -0.653. The Bertz CT molecular complexity index is 971. The maximum absolute atomic E-state index is 12.0. The second-order valence-electron chi connectivity index (χ2n) is 4.92. The quantitative estimate of drug-likeness (QED) is 0.623. The maximum Gasteiger partial charge on any atom is 0.417 e. The van der Waals surface area contributed by atoms with Crippen LogP contribution in [0.3, 0.4) is 0 Å². The van der Waals surface area contributed by atoms with Crippen LogP contribution in [0.25, 0.3) is 11.1 Å². The summed E-state index contributed by atoms with van der Waals surface area (Å²) in [5.41, 5.74) is 1.34. The Labute approximate surface area is 140 Å². The van der Waals surface area contributed by atoms with Crippen molar-refractivity contribution in [2.24, 2.45) is 0 Å². The molecule has 25 heavy (non-hydrogen) atoms. The molecule has 0 radical (unpaired) electrons. The summed E-state index contributed by atoms with van der Waals surface area (Å²) >= 11 is 0. The van der Waals surface area contributed by atoms with Crippen molar-refractivity contribution in [1.82, 2.24) is 20.0 Å². The van der Waals surface area contributed by atoms with E-state index in [1.54, 1.807) is 19.1 Å². The number of fused-ring (bicyclic) bond motifs is 1. The third-order valence-electron chi connectivity index (χ3n) is 3.05. The van der Waals surface area contributed by atoms with Crippen LogP contribution in [0.2, 0.25) is 0 Å². The van der Waals surface area contributed by atoms with Gasteiger partial charge in [0, 0.05) is 11.8 Å². The number of hydrogen-bond donors (Lipinski definition) is 3. The fourth-order valence-electron chi connectivity index (χ4n) is 2.08. The first-order valence-corrected chi connectivity index (χ1v) is 7.30. The number of carbonyl (C=O) groups excluding carboxylic acids is 2. The van der Waals surface area contributed by atoms with Gasteiger partial charge < -0.3 is 14.5 Å². The van der Waals surface area contributed by atoms with Crippen molar-refractivity contribution in [3.63, 3.8) is 0 Å². The number of ether oxygens (including phenoxy) is 1. The Balaban J connectivity index is 1.60. The van der Waals surface area contributed by atoms with Crippen LogP contribution < -0.4 is 16.4 Å². The van der Waals surface area contributed by atoms with Crippen LogP contribution in [-0.4, -0.2) is 38.6 Å². The van der Waals surface area contributed by atoms with E-state index in [9.17, 15) is 14.4 Å². The van der Waals surface area contributed by atoms with E-state index in [2.05, 4.69) is 25.9 Å². The number of H-pyrrole nitrogens is 1. The highest BCUT2D eigenvalue weighted by molar-refractivity contribution is 5.92. The number of anilines is 2. The van der Waals surface area contributed by atoms with E-state index in [4.69, 9.17) is 9.15 Å². The predicted molar refractivity (Wildman–Crippen MR) is 86.1 cm³/mol. The lowest BCUT2D eigenvalue weighted by molar-refractivity contribution is -0.116.